The Kier molecular flexibility index (Phi) is 4.54. The number of thiophene rings is 1. The summed E-state index contributed by atoms with van der Waals surface area (Å²) >= 11 is 6.93. The number of carboxylic acid groups (broad SMARTS) is 1. The van der Waals surface area contributed by atoms with Crippen LogP contribution in [0.15, 0.2) is 41.6 Å². The van der Waals surface area contributed by atoms with Crippen LogP contribution in [0.1, 0.15) is 20.1 Å². The average molecular weight is 296 g/mol. The van der Waals surface area contributed by atoms with Crippen LogP contribution in [0.25, 0.3) is 0 Å². The minimum atomic E-state index is -0.930. The molecule has 0 fully saturated rings. The van der Waals surface area contributed by atoms with Crippen molar-refractivity contribution >= 4 is 35.1 Å². The standard InChI is InChI=1S/C13H10ClNO3S/c14-10-3-1-9(2-4-10)7-15-18-8-11-5-6-12(19-11)13(16)17/h1-7H,8H2,(H,16,17). The molecule has 0 radical (unpaired) electrons. The van der Waals surface area contributed by atoms with Gasteiger partial charge in [-0.05, 0) is 29.8 Å². The molecule has 2 rings (SSSR count). The van der Waals surface area contributed by atoms with E-state index in [0.29, 0.717) is 9.90 Å². The zero-order valence-corrected chi connectivity index (χ0v) is 11.3. The van der Waals surface area contributed by atoms with Gasteiger partial charge < -0.3 is 9.94 Å². The lowest BCUT2D eigenvalue weighted by molar-refractivity contribution is 0.0702. The molecule has 0 saturated carbocycles. The maximum absolute atomic E-state index is 10.7. The number of carboxylic acids is 1. The smallest absolute Gasteiger partial charge is 0.345 e. The zero-order valence-electron chi connectivity index (χ0n) is 9.75. The summed E-state index contributed by atoms with van der Waals surface area (Å²) < 4.78 is 0. The second kappa shape index (κ2) is 6.36. The lowest BCUT2D eigenvalue weighted by atomic mass is 10.2. The highest BCUT2D eigenvalue weighted by molar-refractivity contribution is 7.13. The van der Waals surface area contributed by atoms with E-state index in [9.17, 15) is 4.79 Å². The molecule has 1 aromatic carbocycles. The number of nitrogens with zero attached hydrogens (tertiary/aromatic N) is 1. The van der Waals surface area contributed by atoms with Gasteiger partial charge >= 0.3 is 5.97 Å². The fourth-order valence-electron chi connectivity index (χ4n) is 1.32. The Morgan fingerprint density at radius 2 is 2.05 bits per heavy atom. The van der Waals surface area contributed by atoms with E-state index in [1.165, 1.54) is 11.3 Å². The van der Waals surface area contributed by atoms with Crippen LogP contribution < -0.4 is 0 Å². The summed E-state index contributed by atoms with van der Waals surface area (Å²) in [6.07, 6.45) is 1.57. The van der Waals surface area contributed by atoms with Crippen molar-refractivity contribution in [1.82, 2.24) is 0 Å². The van der Waals surface area contributed by atoms with Crippen molar-refractivity contribution in [3.05, 3.63) is 56.7 Å². The van der Waals surface area contributed by atoms with E-state index in [1.54, 1.807) is 30.5 Å². The molecule has 0 atom stereocenters. The predicted molar refractivity (Wildman–Crippen MR) is 75.1 cm³/mol. The molecule has 2 aromatic rings. The molecule has 0 saturated heterocycles. The van der Waals surface area contributed by atoms with Crippen LogP contribution in [0.4, 0.5) is 0 Å². The van der Waals surface area contributed by atoms with Gasteiger partial charge in [-0.1, -0.05) is 28.9 Å². The fraction of sp³-hybridized carbons (Fsp3) is 0.0769. The molecule has 4 nitrogen and oxygen atoms in total. The summed E-state index contributed by atoms with van der Waals surface area (Å²) in [5, 5.41) is 13.2. The Morgan fingerprint density at radius 3 is 2.68 bits per heavy atom. The van der Waals surface area contributed by atoms with E-state index < -0.39 is 5.97 Å². The first-order valence-electron chi connectivity index (χ1n) is 5.38. The maximum Gasteiger partial charge on any atom is 0.345 e. The number of benzene rings is 1. The molecule has 1 heterocycles. The number of oxime groups is 1. The number of hydrogen-bond donors (Lipinski definition) is 1. The number of halogens is 1. The number of hydrogen-bond acceptors (Lipinski definition) is 4. The molecular weight excluding hydrogens is 286 g/mol. The molecule has 0 amide bonds. The second-order valence-electron chi connectivity index (χ2n) is 3.63. The van der Waals surface area contributed by atoms with Crippen molar-refractivity contribution in [2.75, 3.05) is 0 Å². The van der Waals surface area contributed by atoms with Gasteiger partial charge in [0.15, 0.2) is 6.61 Å². The molecule has 0 aliphatic carbocycles. The van der Waals surface area contributed by atoms with Crippen molar-refractivity contribution in [1.29, 1.82) is 0 Å². The normalized spacial score (nSPS) is 10.8. The number of carbonyl (C=O) groups is 1. The van der Waals surface area contributed by atoms with E-state index in [0.717, 1.165) is 10.4 Å². The minimum Gasteiger partial charge on any atom is -0.477 e. The van der Waals surface area contributed by atoms with E-state index in [4.69, 9.17) is 21.5 Å². The van der Waals surface area contributed by atoms with Gasteiger partial charge in [-0.2, -0.15) is 0 Å². The molecule has 0 spiro atoms. The van der Waals surface area contributed by atoms with Crippen LogP contribution >= 0.6 is 22.9 Å². The van der Waals surface area contributed by atoms with Crippen molar-refractivity contribution in [3.63, 3.8) is 0 Å². The summed E-state index contributed by atoms with van der Waals surface area (Å²) in [7, 11) is 0. The summed E-state index contributed by atoms with van der Waals surface area (Å²) in [6, 6.07) is 10.4. The van der Waals surface area contributed by atoms with E-state index in [2.05, 4.69) is 5.16 Å². The molecule has 1 N–H and O–H groups in total. The van der Waals surface area contributed by atoms with E-state index >= 15 is 0 Å². The molecule has 6 heteroatoms. The van der Waals surface area contributed by atoms with Crippen LogP contribution in [-0.2, 0) is 11.4 Å². The van der Waals surface area contributed by atoms with E-state index in [-0.39, 0.29) is 6.61 Å². The van der Waals surface area contributed by atoms with Crippen LogP contribution in [0.2, 0.25) is 5.02 Å². The Labute approximate surface area is 118 Å². The lowest BCUT2D eigenvalue weighted by Crippen LogP contribution is -1.89. The van der Waals surface area contributed by atoms with Crippen molar-refractivity contribution in [3.8, 4) is 0 Å². The Morgan fingerprint density at radius 1 is 1.32 bits per heavy atom. The largest absolute Gasteiger partial charge is 0.477 e. The number of aromatic carboxylic acids is 1. The highest BCUT2D eigenvalue weighted by Crippen LogP contribution is 2.17. The van der Waals surface area contributed by atoms with Crippen molar-refractivity contribution in [2.24, 2.45) is 5.16 Å². The van der Waals surface area contributed by atoms with Gasteiger partial charge in [-0.3, -0.25) is 0 Å². The van der Waals surface area contributed by atoms with Gasteiger partial charge in [0.25, 0.3) is 0 Å². The van der Waals surface area contributed by atoms with Gasteiger partial charge in [-0.25, -0.2) is 4.79 Å². The fourth-order valence-corrected chi connectivity index (χ4v) is 2.20. The van der Waals surface area contributed by atoms with E-state index in [1.807, 2.05) is 12.1 Å². The molecule has 19 heavy (non-hydrogen) atoms. The van der Waals surface area contributed by atoms with Gasteiger partial charge in [0.05, 0.1) is 6.21 Å². The monoisotopic (exact) mass is 295 g/mol. The lowest BCUT2D eigenvalue weighted by Gasteiger charge is -1.96. The average Bonchev–Trinajstić information content (AvgIpc) is 2.86. The summed E-state index contributed by atoms with van der Waals surface area (Å²) in [6.45, 7) is 0.252. The summed E-state index contributed by atoms with van der Waals surface area (Å²) in [5.41, 5.74) is 0.877. The Balaban J connectivity index is 1.85. The molecule has 98 valence electrons. The predicted octanol–water partition coefficient (Wildman–Crippen LogP) is 3.65. The van der Waals surface area contributed by atoms with Crippen molar-refractivity contribution in [2.45, 2.75) is 6.61 Å². The summed E-state index contributed by atoms with van der Waals surface area (Å²) in [4.78, 5) is 16.9. The summed E-state index contributed by atoms with van der Waals surface area (Å²) in [5.74, 6) is -0.930. The molecule has 1 aromatic heterocycles. The van der Waals surface area contributed by atoms with Gasteiger partial charge in [0.2, 0.25) is 0 Å². The topological polar surface area (TPSA) is 58.9 Å². The third kappa shape index (κ3) is 4.08. The van der Waals surface area contributed by atoms with Crippen LogP contribution in [0, 0.1) is 0 Å². The van der Waals surface area contributed by atoms with Crippen LogP contribution in [0.5, 0.6) is 0 Å². The first-order chi connectivity index (χ1) is 9.15. The molecule has 0 bridgehead atoms. The number of rotatable bonds is 5. The zero-order chi connectivity index (χ0) is 13.7. The third-order valence-corrected chi connectivity index (χ3v) is 3.52. The van der Waals surface area contributed by atoms with Gasteiger partial charge in [0.1, 0.15) is 4.88 Å². The Hall–Kier alpha value is -1.85. The highest BCUT2D eigenvalue weighted by Gasteiger charge is 2.06. The first-order valence-corrected chi connectivity index (χ1v) is 6.57. The van der Waals surface area contributed by atoms with Gasteiger partial charge in [0, 0.05) is 9.90 Å². The van der Waals surface area contributed by atoms with Gasteiger partial charge in [-0.15, -0.1) is 11.3 Å². The van der Waals surface area contributed by atoms with Crippen LogP contribution in [0.3, 0.4) is 0 Å². The SMILES string of the molecule is O=C(O)c1ccc(CON=Cc2ccc(Cl)cc2)s1. The molecule has 0 aliphatic heterocycles. The van der Waals surface area contributed by atoms with Crippen molar-refractivity contribution < 1.29 is 14.7 Å². The molecule has 0 unspecified atom stereocenters. The Bertz CT molecular complexity index is 592. The second-order valence-corrected chi connectivity index (χ2v) is 5.24. The highest BCUT2D eigenvalue weighted by atomic mass is 35.5. The maximum atomic E-state index is 10.7. The van der Waals surface area contributed by atoms with Crippen LogP contribution in [-0.4, -0.2) is 17.3 Å². The molecular formula is C13H10ClNO3S. The first kappa shape index (κ1) is 13.6. The quantitative estimate of drug-likeness (QED) is 0.676. The molecule has 0 aliphatic rings. The minimum absolute atomic E-state index is 0.252. The third-order valence-electron chi connectivity index (χ3n) is 2.23.